The minimum Gasteiger partial charge on any atom is -0.389 e. The van der Waals surface area contributed by atoms with Gasteiger partial charge in [-0.25, -0.2) is 0 Å². The predicted octanol–water partition coefficient (Wildman–Crippen LogP) is 1.07. The molecule has 0 fully saturated rings. The first kappa shape index (κ1) is 14.2. The van der Waals surface area contributed by atoms with E-state index in [1.807, 2.05) is 25.7 Å². The SMILES string of the molecule is CCOCC(O)CN(C)C(C)CSC. The standard InChI is InChI=1S/C10H23NO2S/c1-5-13-7-10(12)6-11(3)9(2)8-14-4/h9-10,12H,5-8H2,1-4H3. The Morgan fingerprint density at radius 2 is 2.14 bits per heavy atom. The number of aliphatic hydroxyl groups excluding tert-OH is 1. The first-order chi connectivity index (χ1) is 6.61. The average Bonchev–Trinajstić information content (AvgIpc) is 2.15. The van der Waals surface area contributed by atoms with Gasteiger partial charge in [0.1, 0.15) is 0 Å². The van der Waals surface area contributed by atoms with E-state index in [1.54, 1.807) is 0 Å². The number of aliphatic hydroxyl groups is 1. The van der Waals surface area contributed by atoms with Crippen LogP contribution in [0.25, 0.3) is 0 Å². The van der Waals surface area contributed by atoms with Gasteiger partial charge >= 0.3 is 0 Å². The van der Waals surface area contributed by atoms with Crippen LogP contribution in [0.2, 0.25) is 0 Å². The molecule has 0 aliphatic rings. The number of nitrogens with zero attached hydrogens (tertiary/aromatic N) is 1. The van der Waals surface area contributed by atoms with E-state index in [1.165, 1.54) is 0 Å². The Balaban J connectivity index is 3.63. The highest BCUT2D eigenvalue weighted by atomic mass is 32.2. The van der Waals surface area contributed by atoms with Gasteiger partial charge in [-0.3, -0.25) is 0 Å². The molecule has 0 saturated heterocycles. The van der Waals surface area contributed by atoms with Gasteiger partial charge in [-0.2, -0.15) is 11.8 Å². The van der Waals surface area contributed by atoms with E-state index >= 15 is 0 Å². The monoisotopic (exact) mass is 221 g/mol. The highest BCUT2D eigenvalue weighted by molar-refractivity contribution is 7.98. The van der Waals surface area contributed by atoms with E-state index in [0.717, 1.165) is 5.75 Å². The Kier molecular flexibility index (Phi) is 8.67. The fraction of sp³-hybridized carbons (Fsp3) is 1.00. The maximum atomic E-state index is 9.59. The molecular weight excluding hydrogens is 198 g/mol. The van der Waals surface area contributed by atoms with Gasteiger partial charge in [0, 0.05) is 24.9 Å². The molecule has 0 aromatic carbocycles. The second-order valence-electron chi connectivity index (χ2n) is 3.56. The van der Waals surface area contributed by atoms with Crippen LogP contribution in [0.15, 0.2) is 0 Å². The Morgan fingerprint density at radius 1 is 1.50 bits per heavy atom. The van der Waals surface area contributed by atoms with Crippen molar-refractivity contribution in [3.05, 3.63) is 0 Å². The van der Waals surface area contributed by atoms with Gasteiger partial charge in [-0.05, 0) is 27.2 Å². The largest absolute Gasteiger partial charge is 0.389 e. The molecular formula is C10H23NO2S. The number of thioether (sulfide) groups is 1. The van der Waals surface area contributed by atoms with Gasteiger partial charge < -0.3 is 14.7 Å². The molecule has 1 N–H and O–H groups in total. The van der Waals surface area contributed by atoms with Gasteiger partial charge in [0.25, 0.3) is 0 Å². The zero-order valence-corrected chi connectivity index (χ0v) is 10.5. The Hall–Kier alpha value is 0.230. The molecule has 86 valence electrons. The van der Waals surface area contributed by atoms with Crippen molar-refractivity contribution in [1.82, 2.24) is 4.90 Å². The predicted molar refractivity (Wildman–Crippen MR) is 63.0 cm³/mol. The van der Waals surface area contributed by atoms with Gasteiger partial charge in [0.15, 0.2) is 0 Å². The minimum atomic E-state index is -0.371. The van der Waals surface area contributed by atoms with Gasteiger partial charge in [-0.15, -0.1) is 0 Å². The Morgan fingerprint density at radius 3 is 2.64 bits per heavy atom. The quantitative estimate of drug-likeness (QED) is 0.664. The molecule has 0 aliphatic heterocycles. The fourth-order valence-corrected chi connectivity index (χ4v) is 1.92. The molecule has 2 atom stereocenters. The van der Waals surface area contributed by atoms with Crippen LogP contribution in [-0.2, 0) is 4.74 Å². The third kappa shape index (κ3) is 6.65. The van der Waals surface area contributed by atoms with Crippen molar-refractivity contribution >= 4 is 11.8 Å². The van der Waals surface area contributed by atoms with Crippen LogP contribution in [-0.4, -0.2) is 61.0 Å². The molecule has 0 rings (SSSR count). The van der Waals surface area contributed by atoms with Gasteiger partial charge in [0.2, 0.25) is 0 Å². The normalized spacial score (nSPS) is 15.9. The van der Waals surface area contributed by atoms with Crippen LogP contribution in [0.4, 0.5) is 0 Å². The number of rotatable bonds is 8. The summed E-state index contributed by atoms with van der Waals surface area (Å²) in [5.74, 6) is 1.10. The first-order valence-corrected chi connectivity index (χ1v) is 6.46. The lowest BCUT2D eigenvalue weighted by molar-refractivity contribution is 0.0212. The number of hydrogen-bond acceptors (Lipinski definition) is 4. The lowest BCUT2D eigenvalue weighted by Gasteiger charge is -2.26. The molecule has 0 radical (unpaired) electrons. The van der Waals surface area contributed by atoms with Crippen LogP contribution >= 0.6 is 11.8 Å². The highest BCUT2D eigenvalue weighted by Crippen LogP contribution is 2.04. The molecule has 0 heterocycles. The van der Waals surface area contributed by atoms with Gasteiger partial charge in [0.05, 0.1) is 12.7 Å². The van der Waals surface area contributed by atoms with Crippen LogP contribution in [0.5, 0.6) is 0 Å². The summed E-state index contributed by atoms with van der Waals surface area (Å²) in [4.78, 5) is 2.17. The summed E-state index contributed by atoms with van der Waals surface area (Å²) < 4.78 is 5.15. The van der Waals surface area contributed by atoms with Crippen molar-refractivity contribution < 1.29 is 9.84 Å². The van der Waals surface area contributed by atoms with E-state index in [2.05, 4.69) is 18.1 Å². The Bertz CT molecular complexity index is 135. The third-order valence-electron chi connectivity index (χ3n) is 2.17. The highest BCUT2D eigenvalue weighted by Gasteiger charge is 2.12. The summed E-state index contributed by atoms with van der Waals surface area (Å²) in [6, 6.07) is 0.501. The van der Waals surface area contributed by atoms with Crippen LogP contribution < -0.4 is 0 Å². The fourth-order valence-electron chi connectivity index (χ4n) is 1.19. The molecule has 0 amide bonds. The summed E-state index contributed by atoms with van der Waals surface area (Å²) in [6.07, 6.45) is 1.73. The molecule has 4 heteroatoms. The summed E-state index contributed by atoms with van der Waals surface area (Å²) in [6.45, 7) is 5.90. The molecule has 0 aromatic rings. The molecule has 0 spiro atoms. The molecule has 0 bridgehead atoms. The smallest absolute Gasteiger partial charge is 0.0900 e. The molecule has 0 aliphatic carbocycles. The summed E-state index contributed by atoms with van der Waals surface area (Å²) >= 11 is 1.83. The second-order valence-corrected chi connectivity index (χ2v) is 4.47. The van der Waals surface area contributed by atoms with Crippen molar-refractivity contribution in [3.63, 3.8) is 0 Å². The minimum absolute atomic E-state index is 0.371. The zero-order valence-electron chi connectivity index (χ0n) is 9.69. The molecule has 2 unspecified atom stereocenters. The first-order valence-electron chi connectivity index (χ1n) is 5.06. The zero-order chi connectivity index (χ0) is 11.0. The maximum Gasteiger partial charge on any atom is 0.0900 e. The van der Waals surface area contributed by atoms with E-state index in [9.17, 15) is 5.11 Å². The van der Waals surface area contributed by atoms with E-state index < -0.39 is 0 Å². The number of ether oxygens (including phenoxy) is 1. The van der Waals surface area contributed by atoms with Gasteiger partial charge in [-0.1, -0.05) is 0 Å². The van der Waals surface area contributed by atoms with Crippen molar-refractivity contribution in [2.75, 3.05) is 38.8 Å². The van der Waals surface area contributed by atoms with Crippen molar-refractivity contribution in [1.29, 1.82) is 0 Å². The van der Waals surface area contributed by atoms with Crippen molar-refractivity contribution in [2.24, 2.45) is 0 Å². The summed E-state index contributed by atoms with van der Waals surface area (Å²) in [7, 11) is 2.04. The third-order valence-corrected chi connectivity index (χ3v) is 2.99. The lowest BCUT2D eigenvalue weighted by Crippen LogP contribution is -2.38. The van der Waals surface area contributed by atoms with E-state index in [-0.39, 0.29) is 6.10 Å². The van der Waals surface area contributed by atoms with Crippen molar-refractivity contribution in [2.45, 2.75) is 26.0 Å². The molecule has 0 saturated carbocycles. The Labute approximate surface area is 91.8 Å². The second kappa shape index (κ2) is 8.53. The van der Waals surface area contributed by atoms with E-state index in [0.29, 0.717) is 25.8 Å². The molecule has 0 aromatic heterocycles. The molecule has 14 heavy (non-hydrogen) atoms. The summed E-state index contributed by atoms with van der Waals surface area (Å²) in [5.41, 5.74) is 0. The van der Waals surface area contributed by atoms with Crippen LogP contribution in [0.1, 0.15) is 13.8 Å². The topological polar surface area (TPSA) is 32.7 Å². The van der Waals surface area contributed by atoms with E-state index in [4.69, 9.17) is 4.74 Å². The number of likely N-dealkylation sites (N-methyl/N-ethyl adjacent to an activating group) is 1. The number of hydrogen-bond donors (Lipinski definition) is 1. The maximum absolute atomic E-state index is 9.59. The van der Waals surface area contributed by atoms with Crippen LogP contribution in [0.3, 0.4) is 0 Å². The van der Waals surface area contributed by atoms with Crippen LogP contribution in [0, 0.1) is 0 Å². The van der Waals surface area contributed by atoms with Crippen molar-refractivity contribution in [3.8, 4) is 0 Å². The average molecular weight is 221 g/mol. The lowest BCUT2D eigenvalue weighted by atomic mass is 10.3. The molecule has 3 nitrogen and oxygen atoms in total. The summed E-state index contributed by atoms with van der Waals surface area (Å²) in [5, 5.41) is 9.59.